The van der Waals surface area contributed by atoms with Gasteiger partial charge in [-0.05, 0) is 26.0 Å². The maximum Gasteiger partial charge on any atom is 0.141 e. The number of aromatic nitrogens is 1. The summed E-state index contributed by atoms with van der Waals surface area (Å²) in [5.41, 5.74) is 6.72. The molecule has 0 fully saturated rings. The molecule has 5 nitrogen and oxygen atoms in total. The van der Waals surface area contributed by atoms with E-state index in [2.05, 4.69) is 4.98 Å². The Hall–Kier alpha value is -2.14. The van der Waals surface area contributed by atoms with Crippen LogP contribution in [-0.4, -0.2) is 30.1 Å². The summed E-state index contributed by atoms with van der Waals surface area (Å²) < 4.78 is 11.3. The van der Waals surface area contributed by atoms with E-state index in [1.807, 2.05) is 38.1 Å². The van der Waals surface area contributed by atoms with E-state index in [4.69, 9.17) is 20.6 Å². The molecule has 0 aliphatic heterocycles. The van der Waals surface area contributed by atoms with E-state index < -0.39 is 0 Å². The number of para-hydroxylation sites is 1. The molecule has 0 spiro atoms. The number of fused-ring (bicyclic) bond motifs is 1. The molecule has 21 heavy (non-hydrogen) atoms. The van der Waals surface area contributed by atoms with Gasteiger partial charge >= 0.3 is 0 Å². The lowest BCUT2D eigenvalue weighted by Gasteiger charge is -2.23. The summed E-state index contributed by atoms with van der Waals surface area (Å²) in [6.45, 7) is 4.49. The van der Waals surface area contributed by atoms with Crippen LogP contribution < -0.4 is 10.5 Å². The van der Waals surface area contributed by atoms with Gasteiger partial charge in [0.05, 0.1) is 23.3 Å². The molecule has 0 radical (unpaired) electrons. The lowest BCUT2D eigenvalue weighted by molar-refractivity contribution is 0.00556. The molecule has 5 heteroatoms. The molecule has 112 valence electrons. The lowest BCUT2D eigenvalue weighted by atomic mass is 10.1. The fourth-order valence-corrected chi connectivity index (χ4v) is 1.96. The third kappa shape index (κ3) is 3.49. The Kier molecular flexibility index (Phi) is 4.43. The van der Waals surface area contributed by atoms with Gasteiger partial charge in [-0.2, -0.15) is 0 Å². The van der Waals surface area contributed by atoms with Crippen LogP contribution in [0.15, 0.2) is 30.5 Å². The van der Waals surface area contributed by atoms with Crippen molar-refractivity contribution in [3.8, 4) is 5.75 Å². The van der Waals surface area contributed by atoms with Crippen LogP contribution in [-0.2, 0) is 4.74 Å². The van der Waals surface area contributed by atoms with Gasteiger partial charge in [0.15, 0.2) is 0 Å². The number of pyridine rings is 1. The van der Waals surface area contributed by atoms with Crippen LogP contribution in [0.2, 0.25) is 0 Å². The summed E-state index contributed by atoms with van der Waals surface area (Å²) in [6.07, 6.45) is 2.32. The predicted octanol–water partition coefficient (Wildman–Crippen LogP) is 2.71. The molecule has 0 atom stereocenters. The van der Waals surface area contributed by atoms with Gasteiger partial charge in [-0.1, -0.05) is 12.1 Å². The van der Waals surface area contributed by atoms with E-state index in [9.17, 15) is 0 Å². The average Bonchev–Trinajstić information content (AvgIpc) is 2.47. The van der Waals surface area contributed by atoms with Gasteiger partial charge in [0.25, 0.3) is 0 Å². The number of hydrogen-bond acceptors (Lipinski definition) is 4. The van der Waals surface area contributed by atoms with Gasteiger partial charge in [-0.25, -0.2) is 0 Å². The largest absolute Gasteiger partial charge is 0.492 e. The normalized spacial score (nSPS) is 11.6. The van der Waals surface area contributed by atoms with Gasteiger partial charge in [0.1, 0.15) is 11.6 Å². The Labute approximate surface area is 124 Å². The zero-order chi connectivity index (χ0) is 15.5. The average molecular weight is 287 g/mol. The van der Waals surface area contributed by atoms with E-state index in [0.717, 1.165) is 17.3 Å². The molecule has 2 rings (SSSR count). The summed E-state index contributed by atoms with van der Waals surface area (Å²) in [4.78, 5) is 4.31. The summed E-state index contributed by atoms with van der Waals surface area (Å²) >= 11 is 0. The number of methoxy groups -OCH3 is 1. The molecule has 1 heterocycles. The first-order valence-corrected chi connectivity index (χ1v) is 6.85. The minimum atomic E-state index is -0.251. The highest BCUT2D eigenvalue weighted by molar-refractivity contribution is 6.02. The van der Waals surface area contributed by atoms with E-state index in [1.54, 1.807) is 13.3 Å². The van der Waals surface area contributed by atoms with Crippen molar-refractivity contribution < 1.29 is 9.47 Å². The second-order valence-corrected chi connectivity index (χ2v) is 5.49. The van der Waals surface area contributed by atoms with Crippen molar-refractivity contribution in [2.24, 2.45) is 5.73 Å². The Morgan fingerprint density at radius 3 is 2.71 bits per heavy atom. The molecule has 0 saturated heterocycles. The highest BCUT2D eigenvalue weighted by Crippen LogP contribution is 2.28. The predicted molar refractivity (Wildman–Crippen MR) is 84.0 cm³/mol. The number of ether oxygens (including phenoxy) is 2. The zero-order valence-electron chi connectivity index (χ0n) is 12.6. The van der Waals surface area contributed by atoms with Crippen LogP contribution in [0.1, 0.15) is 25.8 Å². The Morgan fingerprint density at radius 1 is 1.33 bits per heavy atom. The molecular weight excluding hydrogens is 266 g/mol. The number of hydrogen-bond donors (Lipinski definition) is 2. The first-order chi connectivity index (χ1) is 9.94. The number of amidine groups is 1. The smallest absolute Gasteiger partial charge is 0.141 e. The third-order valence-electron chi connectivity index (χ3n) is 3.52. The van der Waals surface area contributed by atoms with Gasteiger partial charge < -0.3 is 15.2 Å². The number of nitrogens with one attached hydrogen (secondary N) is 1. The van der Waals surface area contributed by atoms with Crippen LogP contribution in [0.25, 0.3) is 10.9 Å². The summed E-state index contributed by atoms with van der Waals surface area (Å²) in [5.74, 6) is 0.564. The Bertz CT molecular complexity index is 653. The first kappa shape index (κ1) is 15.3. The summed E-state index contributed by atoms with van der Waals surface area (Å²) in [5, 5.41) is 8.54. The molecule has 0 aliphatic rings. The molecule has 1 aromatic carbocycles. The van der Waals surface area contributed by atoms with E-state index >= 15 is 0 Å². The van der Waals surface area contributed by atoms with Crippen molar-refractivity contribution >= 4 is 16.7 Å². The second-order valence-electron chi connectivity index (χ2n) is 5.49. The van der Waals surface area contributed by atoms with Crippen molar-refractivity contribution in [3.05, 3.63) is 36.0 Å². The summed E-state index contributed by atoms with van der Waals surface area (Å²) in [6, 6.07) is 7.66. The van der Waals surface area contributed by atoms with Crippen molar-refractivity contribution in [1.29, 1.82) is 5.41 Å². The number of nitrogens with two attached hydrogens (primary N) is 1. The minimum Gasteiger partial charge on any atom is -0.492 e. The molecule has 0 bridgehead atoms. The molecule has 1 aromatic heterocycles. The monoisotopic (exact) mass is 287 g/mol. The van der Waals surface area contributed by atoms with Crippen LogP contribution in [0.5, 0.6) is 5.75 Å². The SMILES string of the molecule is COC(C)(C)CCOc1c(C(=N)N)cnc2ccccc12. The van der Waals surface area contributed by atoms with Crippen molar-refractivity contribution in [2.75, 3.05) is 13.7 Å². The highest BCUT2D eigenvalue weighted by atomic mass is 16.5. The van der Waals surface area contributed by atoms with Gasteiger partial charge in [-0.15, -0.1) is 0 Å². The van der Waals surface area contributed by atoms with Crippen molar-refractivity contribution in [3.63, 3.8) is 0 Å². The first-order valence-electron chi connectivity index (χ1n) is 6.85. The lowest BCUT2D eigenvalue weighted by Crippen LogP contribution is -2.25. The molecular formula is C16H21N3O2. The fraction of sp³-hybridized carbons (Fsp3) is 0.375. The van der Waals surface area contributed by atoms with E-state index in [-0.39, 0.29) is 11.4 Å². The molecule has 0 amide bonds. The topological polar surface area (TPSA) is 81.2 Å². The van der Waals surface area contributed by atoms with Gasteiger partial charge in [0, 0.05) is 25.1 Å². The minimum absolute atomic E-state index is 0.0470. The van der Waals surface area contributed by atoms with Gasteiger partial charge in [-0.3, -0.25) is 10.4 Å². The number of rotatable bonds is 6. The zero-order valence-corrected chi connectivity index (χ0v) is 12.6. The molecule has 0 saturated carbocycles. The van der Waals surface area contributed by atoms with E-state index in [0.29, 0.717) is 17.9 Å². The standard InChI is InChI=1S/C16H21N3O2/c1-16(2,20-3)8-9-21-14-11-6-4-5-7-13(11)19-10-12(14)15(17)18/h4-7,10H,8-9H2,1-3H3,(H3,17,18). The second kappa shape index (κ2) is 6.10. The van der Waals surface area contributed by atoms with Crippen molar-refractivity contribution in [2.45, 2.75) is 25.9 Å². The Balaban J connectivity index is 2.32. The third-order valence-corrected chi connectivity index (χ3v) is 3.52. The van der Waals surface area contributed by atoms with Crippen LogP contribution in [0.3, 0.4) is 0 Å². The van der Waals surface area contributed by atoms with Crippen molar-refractivity contribution in [1.82, 2.24) is 4.98 Å². The van der Waals surface area contributed by atoms with Crippen LogP contribution in [0, 0.1) is 5.41 Å². The number of nitrogen functional groups attached to an aromatic ring is 1. The van der Waals surface area contributed by atoms with Crippen LogP contribution in [0.4, 0.5) is 0 Å². The van der Waals surface area contributed by atoms with Gasteiger partial charge in [0.2, 0.25) is 0 Å². The highest BCUT2D eigenvalue weighted by Gasteiger charge is 2.18. The quantitative estimate of drug-likeness (QED) is 0.632. The van der Waals surface area contributed by atoms with Crippen LogP contribution >= 0.6 is 0 Å². The fourth-order valence-electron chi connectivity index (χ4n) is 1.96. The van der Waals surface area contributed by atoms with E-state index in [1.165, 1.54) is 0 Å². The number of nitrogens with zero attached hydrogens (tertiary/aromatic N) is 1. The molecule has 0 unspecified atom stereocenters. The molecule has 2 aromatic rings. The maximum atomic E-state index is 7.68. The molecule has 3 N–H and O–H groups in total. The Morgan fingerprint density at radius 2 is 2.05 bits per heavy atom. The number of benzene rings is 1. The molecule has 0 aliphatic carbocycles. The maximum absolute atomic E-state index is 7.68. The summed E-state index contributed by atoms with van der Waals surface area (Å²) in [7, 11) is 1.68.